The molecule has 0 amide bonds. The van der Waals surface area contributed by atoms with Gasteiger partial charge in [-0.05, 0) is 37.1 Å². The van der Waals surface area contributed by atoms with Crippen molar-refractivity contribution in [2.45, 2.75) is 19.4 Å². The highest BCUT2D eigenvalue weighted by atomic mass is 35.5. The second-order valence-corrected chi connectivity index (χ2v) is 4.77. The van der Waals surface area contributed by atoms with Crippen LogP contribution in [0.4, 0.5) is 0 Å². The fourth-order valence-electron chi connectivity index (χ4n) is 2.55. The van der Waals surface area contributed by atoms with Gasteiger partial charge in [0.1, 0.15) is 5.75 Å². The number of nitrogens with one attached hydrogen (secondary N) is 2. The molecular weight excluding hydrogens is 236 g/mol. The number of hydrogen-bond donors (Lipinski definition) is 2. The van der Waals surface area contributed by atoms with Gasteiger partial charge in [-0.1, -0.05) is 11.6 Å². The number of hydrogen-bond acceptors (Lipinski definition) is 2. The number of halogens is 1. The van der Waals surface area contributed by atoms with Gasteiger partial charge in [0.05, 0.1) is 17.6 Å². The molecule has 0 saturated heterocycles. The summed E-state index contributed by atoms with van der Waals surface area (Å²) in [6.07, 6.45) is 2.21. The molecule has 0 spiro atoms. The van der Waals surface area contributed by atoms with E-state index in [1.165, 1.54) is 11.3 Å². The fourth-order valence-corrected chi connectivity index (χ4v) is 2.83. The van der Waals surface area contributed by atoms with Gasteiger partial charge in [-0.3, -0.25) is 0 Å². The molecule has 17 heavy (non-hydrogen) atoms. The number of ether oxygens (including phenoxy) is 1. The van der Waals surface area contributed by atoms with Gasteiger partial charge < -0.3 is 15.0 Å². The van der Waals surface area contributed by atoms with Gasteiger partial charge in [0, 0.05) is 17.6 Å². The zero-order valence-electron chi connectivity index (χ0n) is 9.77. The number of H-pyrrole nitrogens is 1. The monoisotopic (exact) mass is 250 g/mol. The summed E-state index contributed by atoms with van der Waals surface area (Å²) < 4.78 is 5.38. The van der Waals surface area contributed by atoms with Crippen molar-refractivity contribution < 1.29 is 4.74 Å². The van der Waals surface area contributed by atoms with Crippen LogP contribution in [-0.2, 0) is 13.0 Å². The van der Waals surface area contributed by atoms with E-state index in [2.05, 4.69) is 10.3 Å². The minimum atomic E-state index is 0.806. The van der Waals surface area contributed by atoms with Crippen LogP contribution in [0.15, 0.2) is 12.1 Å². The van der Waals surface area contributed by atoms with E-state index in [0.29, 0.717) is 0 Å². The van der Waals surface area contributed by atoms with Crippen molar-refractivity contribution >= 4 is 22.5 Å². The third-order valence-corrected chi connectivity index (χ3v) is 3.68. The molecule has 2 aromatic rings. The molecule has 1 aliphatic rings. The first kappa shape index (κ1) is 10.9. The number of aromatic amines is 1. The molecule has 3 nitrogen and oxygen atoms in total. The molecule has 0 fully saturated rings. The predicted octanol–water partition coefficient (Wildman–Crippen LogP) is 2.87. The minimum Gasteiger partial charge on any atom is -0.495 e. The molecule has 3 rings (SSSR count). The van der Waals surface area contributed by atoms with Crippen molar-refractivity contribution in [1.82, 2.24) is 10.3 Å². The van der Waals surface area contributed by atoms with Crippen LogP contribution in [-0.4, -0.2) is 18.6 Å². The van der Waals surface area contributed by atoms with Crippen LogP contribution in [0.3, 0.4) is 0 Å². The summed E-state index contributed by atoms with van der Waals surface area (Å²) in [5.41, 5.74) is 3.60. The molecule has 0 radical (unpaired) electrons. The van der Waals surface area contributed by atoms with Gasteiger partial charge in [-0.25, -0.2) is 0 Å². The third kappa shape index (κ3) is 1.70. The Morgan fingerprint density at radius 3 is 3.06 bits per heavy atom. The summed E-state index contributed by atoms with van der Waals surface area (Å²) in [6, 6.07) is 3.82. The lowest BCUT2D eigenvalue weighted by molar-refractivity contribution is 0.419. The van der Waals surface area contributed by atoms with E-state index in [4.69, 9.17) is 16.3 Å². The second kappa shape index (κ2) is 4.24. The van der Waals surface area contributed by atoms with Gasteiger partial charge in [-0.2, -0.15) is 0 Å². The van der Waals surface area contributed by atoms with E-state index in [9.17, 15) is 0 Å². The molecule has 1 aliphatic heterocycles. The quantitative estimate of drug-likeness (QED) is 0.817. The highest BCUT2D eigenvalue weighted by Gasteiger charge is 2.18. The van der Waals surface area contributed by atoms with Crippen LogP contribution in [0.5, 0.6) is 5.75 Å². The Kier molecular flexibility index (Phi) is 2.73. The standard InChI is InChI=1S/C13H15ClN2O/c1-17-11-5-4-9(14)12-8-3-2-6-15-7-10(8)16-13(11)12/h4-5,15-16H,2-3,6-7H2,1H3. The van der Waals surface area contributed by atoms with Crippen LogP contribution >= 0.6 is 11.6 Å². The second-order valence-electron chi connectivity index (χ2n) is 4.36. The van der Waals surface area contributed by atoms with Crippen LogP contribution in [0, 0.1) is 0 Å². The first-order valence-corrected chi connectivity index (χ1v) is 6.25. The molecule has 0 unspecified atom stereocenters. The van der Waals surface area contributed by atoms with Crippen LogP contribution in [0.25, 0.3) is 10.9 Å². The van der Waals surface area contributed by atoms with E-state index >= 15 is 0 Å². The van der Waals surface area contributed by atoms with Crippen molar-refractivity contribution in [3.05, 3.63) is 28.4 Å². The molecular formula is C13H15ClN2O. The molecule has 0 bridgehead atoms. The maximum absolute atomic E-state index is 6.32. The maximum Gasteiger partial charge on any atom is 0.143 e. The number of rotatable bonds is 1. The van der Waals surface area contributed by atoms with Crippen LogP contribution in [0.1, 0.15) is 17.7 Å². The molecule has 0 aliphatic carbocycles. The van der Waals surface area contributed by atoms with Crippen molar-refractivity contribution in [3.8, 4) is 5.75 Å². The minimum absolute atomic E-state index is 0.806. The van der Waals surface area contributed by atoms with E-state index in [1.807, 2.05) is 12.1 Å². The van der Waals surface area contributed by atoms with Gasteiger partial charge in [0.2, 0.25) is 0 Å². The first-order chi connectivity index (χ1) is 8.31. The van der Waals surface area contributed by atoms with Crippen molar-refractivity contribution in [1.29, 1.82) is 0 Å². The molecule has 2 N–H and O–H groups in total. The van der Waals surface area contributed by atoms with Crippen LogP contribution in [0.2, 0.25) is 5.02 Å². The summed E-state index contributed by atoms with van der Waals surface area (Å²) in [4.78, 5) is 3.44. The lowest BCUT2D eigenvalue weighted by atomic mass is 10.1. The zero-order chi connectivity index (χ0) is 11.8. The molecule has 1 aromatic carbocycles. The summed E-state index contributed by atoms with van der Waals surface area (Å²) >= 11 is 6.32. The molecule has 0 atom stereocenters. The Bertz CT molecular complexity index is 562. The average molecular weight is 251 g/mol. The fraction of sp³-hybridized carbons (Fsp3) is 0.385. The molecule has 1 aromatic heterocycles. The Balaban J connectivity index is 2.30. The highest BCUT2D eigenvalue weighted by molar-refractivity contribution is 6.36. The van der Waals surface area contributed by atoms with Crippen LogP contribution < -0.4 is 10.1 Å². The van der Waals surface area contributed by atoms with Gasteiger partial charge in [-0.15, -0.1) is 0 Å². The van der Waals surface area contributed by atoms with Crippen molar-refractivity contribution in [2.24, 2.45) is 0 Å². The summed E-state index contributed by atoms with van der Waals surface area (Å²) in [5.74, 6) is 0.859. The number of methoxy groups -OCH3 is 1. The van der Waals surface area contributed by atoms with E-state index in [0.717, 1.165) is 47.6 Å². The van der Waals surface area contributed by atoms with E-state index in [1.54, 1.807) is 7.11 Å². The number of fused-ring (bicyclic) bond motifs is 3. The third-order valence-electron chi connectivity index (χ3n) is 3.36. The highest BCUT2D eigenvalue weighted by Crippen LogP contribution is 2.36. The SMILES string of the molecule is COc1ccc(Cl)c2c3c([nH]c12)CNCCC3. The lowest BCUT2D eigenvalue weighted by Gasteiger charge is -2.04. The first-order valence-electron chi connectivity index (χ1n) is 5.88. The molecule has 90 valence electrons. The topological polar surface area (TPSA) is 37.0 Å². The predicted molar refractivity (Wildman–Crippen MR) is 69.9 cm³/mol. The Hall–Kier alpha value is -1.19. The maximum atomic E-state index is 6.32. The Morgan fingerprint density at radius 1 is 1.35 bits per heavy atom. The normalized spacial score (nSPS) is 15.6. The zero-order valence-corrected chi connectivity index (χ0v) is 10.5. The van der Waals surface area contributed by atoms with E-state index < -0.39 is 0 Å². The number of aryl methyl sites for hydroxylation is 1. The molecule has 0 saturated carbocycles. The number of aromatic nitrogens is 1. The average Bonchev–Trinajstić information content (AvgIpc) is 2.55. The van der Waals surface area contributed by atoms with Gasteiger partial charge >= 0.3 is 0 Å². The van der Waals surface area contributed by atoms with Crippen molar-refractivity contribution in [2.75, 3.05) is 13.7 Å². The van der Waals surface area contributed by atoms with E-state index in [-0.39, 0.29) is 0 Å². The Morgan fingerprint density at radius 2 is 2.24 bits per heavy atom. The lowest BCUT2D eigenvalue weighted by Crippen LogP contribution is -2.12. The molecule has 2 heterocycles. The smallest absolute Gasteiger partial charge is 0.143 e. The Labute approximate surface area is 105 Å². The van der Waals surface area contributed by atoms with Gasteiger partial charge in [0.25, 0.3) is 0 Å². The van der Waals surface area contributed by atoms with Crippen molar-refractivity contribution in [3.63, 3.8) is 0 Å². The summed E-state index contributed by atoms with van der Waals surface area (Å²) in [6.45, 7) is 1.94. The largest absolute Gasteiger partial charge is 0.495 e. The molecule has 4 heteroatoms. The summed E-state index contributed by atoms with van der Waals surface area (Å²) in [5, 5.41) is 5.34. The number of benzene rings is 1. The summed E-state index contributed by atoms with van der Waals surface area (Å²) in [7, 11) is 1.69. The van der Waals surface area contributed by atoms with Gasteiger partial charge in [0.15, 0.2) is 0 Å².